The number of furan rings is 1. The molecule has 1 N–H and O–H groups in total. The summed E-state index contributed by atoms with van der Waals surface area (Å²) in [5.41, 5.74) is 3.53. The number of aromatic nitrogens is 1. The van der Waals surface area contributed by atoms with Gasteiger partial charge >= 0.3 is 5.97 Å². The highest BCUT2D eigenvalue weighted by Crippen LogP contribution is 2.28. The number of halogens is 1. The number of carboxylic acids is 1. The van der Waals surface area contributed by atoms with E-state index in [9.17, 15) is 4.79 Å². The Balaban J connectivity index is 2.14. The Morgan fingerprint density at radius 3 is 2.67 bits per heavy atom. The lowest BCUT2D eigenvalue weighted by atomic mass is 10.1. The van der Waals surface area contributed by atoms with E-state index in [4.69, 9.17) is 9.52 Å². The SMILES string of the molecule is Cc1c(C)n(Cc2ccc(Br)o2)c2ccc(C(=O)O)cc12. The maximum atomic E-state index is 11.1. The third-order valence-corrected chi connectivity index (χ3v) is 4.25. The van der Waals surface area contributed by atoms with Crippen LogP contribution in [0.25, 0.3) is 10.9 Å². The number of benzene rings is 1. The van der Waals surface area contributed by atoms with Crippen molar-refractivity contribution in [3.05, 3.63) is 57.6 Å². The molecular formula is C16H14BrNO3. The Bertz CT molecular complexity index is 845. The Morgan fingerprint density at radius 2 is 2.05 bits per heavy atom. The fourth-order valence-electron chi connectivity index (χ4n) is 2.58. The molecule has 3 aromatic rings. The highest BCUT2D eigenvalue weighted by Gasteiger charge is 2.14. The molecule has 0 fully saturated rings. The molecule has 2 heterocycles. The number of nitrogens with zero attached hydrogens (tertiary/aromatic N) is 1. The van der Waals surface area contributed by atoms with Gasteiger partial charge in [0.15, 0.2) is 4.67 Å². The number of fused-ring (bicyclic) bond motifs is 1. The summed E-state index contributed by atoms with van der Waals surface area (Å²) < 4.78 is 8.41. The van der Waals surface area contributed by atoms with Gasteiger partial charge in [0.2, 0.25) is 0 Å². The van der Waals surface area contributed by atoms with E-state index in [1.54, 1.807) is 12.1 Å². The molecule has 0 aliphatic heterocycles. The van der Waals surface area contributed by atoms with Gasteiger partial charge in [0.05, 0.1) is 12.1 Å². The summed E-state index contributed by atoms with van der Waals surface area (Å²) in [6, 6.07) is 9.02. The van der Waals surface area contributed by atoms with Crippen LogP contribution in [-0.4, -0.2) is 15.6 Å². The maximum Gasteiger partial charge on any atom is 0.335 e. The normalized spacial score (nSPS) is 11.2. The quantitative estimate of drug-likeness (QED) is 0.765. The van der Waals surface area contributed by atoms with Crippen LogP contribution in [0, 0.1) is 13.8 Å². The van der Waals surface area contributed by atoms with Crippen molar-refractivity contribution >= 4 is 32.8 Å². The zero-order valence-corrected chi connectivity index (χ0v) is 13.3. The molecule has 0 saturated carbocycles. The minimum absolute atomic E-state index is 0.309. The van der Waals surface area contributed by atoms with Crippen LogP contribution in [0.5, 0.6) is 0 Å². The summed E-state index contributed by atoms with van der Waals surface area (Å²) in [6.45, 7) is 4.67. The molecule has 0 aliphatic rings. The molecule has 2 aromatic heterocycles. The molecule has 21 heavy (non-hydrogen) atoms. The molecule has 5 heteroatoms. The lowest BCUT2D eigenvalue weighted by Crippen LogP contribution is -2.01. The Morgan fingerprint density at radius 1 is 1.29 bits per heavy atom. The second kappa shape index (κ2) is 5.07. The number of rotatable bonds is 3. The lowest BCUT2D eigenvalue weighted by Gasteiger charge is -2.06. The van der Waals surface area contributed by atoms with Crippen molar-refractivity contribution in [3.63, 3.8) is 0 Å². The van der Waals surface area contributed by atoms with Gasteiger partial charge in [-0.1, -0.05) is 0 Å². The molecule has 0 unspecified atom stereocenters. The van der Waals surface area contributed by atoms with E-state index in [1.165, 1.54) is 0 Å². The van der Waals surface area contributed by atoms with E-state index < -0.39 is 5.97 Å². The van der Waals surface area contributed by atoms with Crippen LogP contribution < -0.4 is 0 Å². The van der Waals surface area contributed by atoms with E-state index >= 15 is 0 Å². The first-order valence-electron chi connectivity index (χ1n) is 6.54. The van der Waals surface area contributed by atoms with Gasteiger partial charge in [-0.2, -0.15) is 0 Å². The smallest absolute Gasteiger partial charge is 0.335 e. The molecule has 0 bridgehead atoms. The van der Waals surface area contributed by atoms with Gasteiger partial charge < -0.3 is 14.1 Å². The first kappa shape index (κ1) is 13.9. The predicted octanol–water partition coefficient (Wildman–Crippen LogP) is 4.36. The summed E-state index contributed by atoms with van der Waals surface area (Å²) in [5.74, 6) is -0.0548. The first-order valence-corrected chi connectivity index (χ1v) is 7.33. The Labute approximate surface area is 130 Å². The third kappa shape index (κ3) is 2.38. The molecular weight excluding hydrogens is 334 g/mol. The number of hydrogen-bond donors (Lipinski definition) is 1. The second-order valence-electron chi connectivity index (χ2n) is 5.04. The molecule has 0 radical (unpaired) electrons. The van der Waals surface area contributed by atoms with Crippen LogP contribution in [0.1, 0.15) is 27.4 Å². The number of carbonyl (C=O) groups is 1. The number of aromatic carboxylic acids is 1. The van der Waals surface area contributed by atoms with Crippen molar-refractivity contribution in [3.8, 4) is 0 Å². The molecule has 3 rings (SSSR count). The van der Waals surface area contributed by atoms with Gasteiger partial charge in [-0.05, 0) is 65.7 Å². The van der Waals surface area contributed by atoms with E-state index in [-0.39, 0.29) is 0 Å². The van der Waals surface area contributed by atoms with Crippen LogP contribution in [0.15, 0.2) is 39.4 Å². The second-order valence-corrected chi connectivity index (χ2v) is 5.82. The van der Waals surface area contributed by atoms with Gasteiger partial charge in [0, 0.05) is 16.6 Å². The summed E-state index contributed by atoms with van der Waals surface area (Å²) in [4.78, 5) is 11.1. The van der Waals surface area contributed by atoms with Crippen LogP contribution in [0.3, 0.4) is 0 Å². The highest BCUT2D eigenvalue weighted by molar-refractivity contribution is 9.10. The average molecular weight is 348 g/mol. The zero-order chi connectivity index (χ0) is 15.1. The Kier molecular flexibility index (Phi) is 3.37. The molecule has 0 atom stereocenters. The van der Waals surface area contributed by atoms with Crippen LogP contribution in [-0.2, 0) is 6.54 Å². The van der Waals surface area contributed by atoms with Gasteiger partial charge in [-0.25, -0.2) is 4.79 Å². The first-order chi connectivity index (χ1) is 9.97. The molecule has 1 aromatic carbocycles. The van der Waals surface area contributed by atoms with Gasteiger partial charge in [-0.3, -0.25) is 0 Å². The summed E-state index contributed by atoms with van der Waals surface area (Å²) in [5, 5.41) is 10.1. The van der Waals surface area contributed by atoms with Gasteiger partial charge in [0.1, 0.15) is 5.76 Å². The minimum Gasteiger partial charge on any atom is -0.478 e. The molecule has 108 valence electrons. The Hall–Kier alpha value is -2.01. The number of aryl methyl sites for hydroxylation is 1. The summed E-state index contributed by atoms with van der Waals surface area (Å²) in [7, 11) is 0. The molecule has 0 saturated heterocycles. The van der Waals surface area contributed by atoms with Crippen LogP contribution in [0.2, 0.25) is 0 Å². The topological polar surface area (TPSA) is 55.4 Å². The minimum atomic E-state index is -0.906. The van der Waals surface area contributed by atoms with Crippen molar-refractivity contribution in [1.29, 1.82) is 0 Å². The average Bonchev–Trinajstić information content (AvgIpc) is 2.96. The lowest BCUT2D eigenvalue weighted by molar-refractivity contribution is 0.0697. The fourth-order valence-corrected chi connectivity index (χ4v) is 2.92. The third-order valence-electron chi connectivity index (χ3n) is 3.83. The van der Waals surface area contributed by atoms with E-state index in [0.717, 1.165) is 27.9 Å². The fraction of sp³-hybridized carbons (Fsp3) is 0.188. The van der Waals surface area contributed by atoms with E-state index in [0.29, 0.717) is 16.8 Å². The number of carboxylic acid groups (broad SMARTS) is 1. The monoisotopic (exact) mass is 347 g/mol. The number of hydrogen-bond acceptors (Lipinski definition) is 2. The highest BCUT2D eigenvalue weighted by atomic mass is 79.9. The molecule has 4 nitrogen and oxygen atoms in total. The molecule has 0 spiro atoms. The van der Waals surface area contributed by atoms with Gasteiger partial charge in [-0.15, -0.1) is 0 Å². The summed E-state index contributed by atoms with van der Waals surface area (Å²) in [6.07, 6.45) is 0. The van der Waals surface area contributed by atoms with E-state index in [2.05, 4.69) is 20.5 Å². The van der Waals surface area contributed by atoms with Crippen LogP contribution in [0.4, 0.5) is 0 Å². The largest absolute Gasteiger partial charge is 0.478 e. The predicted molar refractivity (Wildman–Crippen MR) is 83.9 cm³/mol. The molecule has 0 aliphatic carbocycles. The van der Waals surface area contributed by atoms with Crippen molar-refractivity contribution < 1.29 is 14.3 Å². The van der Waals surface area contributed by atoms with E-state index in [1.807, 2.05) is 32.0 Å². The van der Waals surface area contributed by atoms with Crippen molar-refractivity contribution in [2.24, 2.45) is 0 Å². The van der Waals surface area contributed by atoms with Crippen molar-refractivity contribution in [1.82, 2.24) is 4.57 Å². The molecule has 0 amide bonds. The van der Waals surface area contributed by atoms with Crippen molar-refractivity contribution in [2.45, 2.75) is 20.4 Å². The standard InChI is InChI=1S/C16H14BrNO3/c1-9-10(2)18(8-12-4-6-15(17)21-12)14-5-3-11(16(19)20)7-13(9)14/h3-7H,8H2,1-2H3,(H,19,20). The van der Waals surface area contributed by atoms with Crippen LogP contribution >= 0.6 is 15.9 Å². The zero-order valence-electron chi connectivity index (χ0n) is 11.7. The maximum absolute atomic E-state index is 11.1. The van der Waals surface area contributed by atoms with Crippen molar-refractivity contribution in [2.75, 3.05) is 0 Å². The summed E-state index contributed by atoms with van der Waals surface area (Å²) >= 11 is 3.30. The van der Waals surface area contributed by atoms with Gasteiger partial charge in [0.25, 0.3) is 0 Å².